The van der Waals surface area contributed by atoms with Gasteiger partial charge in [-0.2, -0.15) is 0 Å². The van der Waals surface area contributed by atoms with E-state index < -0.39 is 0 Å². The van der Waals surface area contributed by atoms with Gasteiger partial charge in [-0.3, -0.25) is 4.90 Å². The molecule has 2 aliphatic rings. The first kappa shape index (κ1) is 11.3. The van der Waals surface area contributed by atoms with Crippen molar-refractivity contribution in [2.24, 2.45) is 0 Å². The number of hydrogen-bond donors (Lipinski definition) is 2. The van der Waals surface area contributed by atoms with E-state index in [1.54, 1.807) is 4.90 Å². The van der Waals surface area contributed by atoms with Gasteiger partial charge in [-0.1, -0.05) is 6.07 Å². The zero-order valence-corrected chi connectivity index (χ0v) is 10.2. The number of carbonyl (C=O) groups is 1. The number of rotatable bonds is 3. The number of hydrogen-bond acceptors (Lipinski definition) is 3. The van der Waals surface area contributed by atoms with E-state index in [0.717, 1.165) is 37.6 Å². The van der Waals surface area contributed by atoms with E-state index >= 15 is 0 Å². The van der Waals surface area contributed by atoms with E-state index in [2.05, 4.69) is 10.6 Å². The van der Waals surface area contributed by atoms with E-state index in [1.165, 1.54) is 0 Å². The summed E-state index contributed by atoms with van der Waals surface area (Å²) >= 11 is 0. The zero-order chi connectivity index (χ0) is 12.4. The van der Waals surface area contributed by atoms with Crippen LogP contribution in [0.25, 0.3) is 0 Å². The highest BCUT2D eigenvalue weighted by Crippen LogP contribution is 2.22. The van der Waals surface area contributed by atoms with Crippen LogP contribution in [0.15, 0.2) is 24.3 Å². The maximum Gasteiger partial charge on any atom is 0.321 e. The standard InChI is InChI=1S/C13H17N3O2/c17-13-14-5-6-16(13)12-3-1-2-10(8-12)15-11-4-7-18-9-11/h1-3,8,11,15H,4-7,9H2,(H,14,17). The summed E-state index contributed by atoms with van der Waals surface area (Å²) in [7, 11) is 0. The Kier molecular flexibility index (Phi) is 3.06. The molecule has 2 amide bonds. The molecule has 5 heteroatoms. The molecule has 5 nitrogen and oxygen atoms in total. The summed E-state index contributed by atoms with van der Waals surface area (Å²) in [6, 6.07) is 8.34. The second-order valence-corrected chi connectivity index (χ2v) is 4.64. The first-order valence-corrected chi connectivity index (χ1v) is 6.33. The lowest BCUT2D eigenvalue weighted by Gasteiger charge is -2.17. The SMILES string of the molecule is O=C1NCCN1c1cccc(NC2CCOC2)c1. The Balaban J connectivity index is 1.73. The molecular formula is C13H17N3O2. The molecule has 0 saturated carbocycles. The summed E-state index contributed by atoms with van der Waals surface area (Å²) in [5, 5.41) is 6.24. The first-order valence-electron chi connectivity index (χ1n) is 6.33. The molecule has 2 saturated heterocycles. The number of benzene rings is 1. The number of urea groups is 1. The van der Waals surface area contributed by atoms with Gasteiger partial charge in [0.05, 0.1) is 12.6 Å². The molecule has 1 unspecified atom stereocenters. The van der Waals surface area contributed by atoms with Gasteiger partial charge in [0.2, 0.25) is 0 Å². The number of carbonyl (C=O) groups excluding carboxylic acids is 1. The normalized spacial score (nSPS) is 23.2. The fourth-order valence-corrected chi connectivity index (χ4v) is 2.37. The van der Waals surface area contributed by atoms with E-state index in [0.29, 0.717) is 12.6 Å². The van der Waals surface area contributed by atoms with Crippen LogP contribution in [-0.2, 0) is 4.74 Å². The Bertz CT molecular complexity index is 444. The van der Waals surface area contributed by atoms with E-state index in [1.807, 2.05) is 24.3 Å². The van der Waals surface area contributed by atoms with E-state index in [-0.39, 0.29) is 6.03 Å². The zero-order valence-electron chi connectivity index (χ0n) is 10.2. The lowest BCUT2D eigenvalue weighted by Crippen LogP contribution is -2.27. The summed E-state index contributed by atoms with van der Waals surface area (Å²) in [5.74, 6) is 0. The minimum Gasteiger partial charge on any atom is -0.380 e. The van der Waals surface area contributed by atoms with Crippen molar-refractivity contribution in [3.05, 3.63) is 24.3 Å². The van der Waals surface area contributed by atoms with Crippen molar-refractivity contribution < 1.29 is 9.53 Å². The predicted molar refractivity (Wildman–Crippen MR) is 70.0 cm³/mol. The van der Waals surface area contributed by atoms with Crippen molar-refractivity contribution in [3.63, 3.8) is 0 Å². The van der Waals surface area contributed by atoms with Gasteiger partial charge in [0, 0.05) is 31.1 Å². The summed E-state index contributed by atoms with van der Waals surface area (Å²) in [5.41, 5.74) is 1.98. The van der Waals surface area contributed by atoms with Gasteiger partial charge < -0.3 is 15.4 Å². The average molecular weight is 247 g/mol. The Morgan fingerprint density at radius 2 is 2.39 bits per heavy atom. The molecule has 0 radical (unpaired) electrons. The summed E-state index contributed by atoms with van der Waals surface area (Å²) in [6.07, 6.45) is 1.04. The van der Waals surface area contributed by atoms with Gasteiger partial charge in [0.1, 0.15) is 0 Å². The van der Waals surface area contributed by atoms with Crippen molar-refractivity contribution in [2.45, 2.75) is 12.5 Å². The lowest BCUT2D eigenvalue weighted by atomic mass is 10.2. The summed E-state index contributed by atoms with van der Waals surface area (Å²) in [6.45, 7) is 3.03. The Morgan fingerprint density at radius 3 is 3.11 bits per heavy atom. The monoisotopic (exact) mass is 247 g/mol. The Hall–Kier alpha value is -1.75. The van der Waals surface area contributed by atoms with Gasteiger partial charge >= 0.3 is 6.03 Å². The second kappa shape index (κ2) is 4.86. The molecule has 0 spiro atoms. The molecular weight excluding hydrogens is 230 g/mol. The Morgan fingerprint density at radius 1 is 1.44 bits per heavy atom. The fraction of sp³-hybridized carbons (Fsp3) is 0.462. The van der Waals surface area contributed by atoms with Crippen LogP contribution in [0.2, 0.25) is 0 Å². The van der Waals surface area contributed by atoms with Crippen LogP contribution in [0.5, 0.6) is 0 Å². The van der Waals surface area contributed by atoms with Crippen LogP contribution in [0, 0.1) is 0 Å². The van der Waals surface area contributed by atoms with Gasteiger partial charge in [-0.15, -0.1) is 0 Å². The lowest BCUT2D eigenvalue weighted by molar-refractivity contribution is 0.195. The van der Waals surface area contributed by atoms with Crippen LogP contribution >= 0.6 is 0 Å². The largest absolute Gasteiger partial charge is 0.380 e. The van der Waals surface area contributed by atoms with Crippen molar-refractivity contribution >= 4 is 17.4 Å². The smallest absolute Gasteiger partial charge is 0.321 e. The topological polar surface area (TPSA) is 53.6 Å². The van der Waals surface area contributed by atoms with Gasteiger partial charge in [-0.25, -0.2) is 4.79 Å². The average Bonchev–Trinajstić information content (AvgIpc) is 3.01. The predicted octanol–water partition coefficient (Wildman–Crippen LogP) is 1.42. The summed E-state index contributed by atoms with van der Waals surface area (Å²) < 4.78 is 5.34. The molecule has 2 aliphatic heterocycles. The third kappa shape index (κ3) is 2.26. The highest BCUT2D eigenvalue weighted by atomic mass is 16.5. The minimum absolute atomic E-state index is 0.0173. The molecule has 1 aromatic rings. The highest BCUT2D eigenvalue weighted by Gasteiger charge is 2.21. The van der Waals surface area contributed by atoms with Crippen molar-refractivity contribution in [3.8, 4) is 0 Å². The number of ether oxygens (including phenoxy) is 1. The number of nitrogens with zero attached hydrogens (tertiary/aromatic N) is 1. The van der Waals surface area contributed by atoms with Gasteiger partial charge in [0.25, 0.3) is 0 Å². The van der Waals surface area contributed by atoms with Crippen molar-refractivity contribution in [1.29, 1.82) is 0 Å². The van der Waals surface area contributed by atoms with Crippen molar-refractivity contribution in [2.75, 3.05) is 36.5 Å². The summed E-state index contributed by atoms with van der Waals surface area (Å²) in [4.78, 5) is 13.4. The van der Waals surface area contributed by atoms with Crippen LogP contribution in [-0.4, -0.2) is 38.4 Å². The van der Waals surface area contributed by atoms with Gasteiger partial charge in [-0.05, 0) is 24.6 Å². The second-order valence-electron chi connectivity index (χ2n) is 4.64. The van der Waals surface area contributed by atoms with Crippen LogP contribution in [0.1, 0.15) is 6.42 Å². The Labute approximate surface area is 106 Å². The molecule has 2 fully saturated rings. The van der Waals surface area contributed by atoms with Crippen LogP contribution < -0.4 is 15.5 Å². The molecule has 0 aliphatic carbocycles. The molecule has 1 atom stereocenters. The van der Waals surface area contributed by atoms with Crippen LogP contribution in [0.3, 0.4) is 0 Å². The third-order valence-corrected chi connectivity index (χ3v) is 3.32. The molecule has 96 valence electrons. The molecule has 2 heterocycles. The van der Waals surface area contributed by atoms with Crippen molar-refractivity contribution in [1.82, 2.24) is 5.32 Å². The fourth-order valence-electron chi connectivity index (χ4n) is 2.37. The van der Waals surface area contributed by atoms with E-state index in [9.17, 15) is 4.79 Å². The number of amides is 2. The molecule has 18 heavy (non-hydrogen) atoms. The maximum absolute atomic E-state index is 11.6. The number of nitrogens with one attached hydrogen (secondary N) is 2. The first-order chi connectivity index (χ1) is 8.83. The highest BCUT2D eigenvalue weighted by molar-refractivity contribution is 5.94. The molecule has 0 bridgehead atoms. The molecule has 2 N–H and O–H groups in total. The van der Waals surface area contributed by atoms with Crippen LogP contribution in [0.4, 0.5) is 16.2 Å². The van der Waals surface area contributed by atoms with Gasteiger partial charge in [0.15, 0.2) is 0 Å². The van der Waals surface area contributed by atoms with E-state index in [4.69, 9.17) is 4.74 Å². The number of anilines is 2. The quantitative estimate of drug-likeness (QED) is 0.849. The third-order valence-electron chi connectivity index (χ3n) is 3.32. The maximum atomic E-state index is 11.6. The molecule has 1 aromatic carbocycles. The molecule has 3 rings (SSSR count). The molecule has 0 aromatic heterocycles. The minimum atomic E-state index is -0.0173.